The van der Waals surface area contributed by atoms with Crippen molar-refractivity contribution >= 4 is 11.9 Å². The molecule has 3 aliphatic rings. The zero-order chi connectivity index (χ0) is 14.8. The second-order valence-corrected chi connectivity index (χ2v) is 7.18. The normalized spacial score (nSPS) is 34.0. The van der Waals surface area contributed by atoms with Gasteiger partial charge >= 0.3 is 0 Å². The molecule has 3 nitrogen and oxygen atoms in total. The predicted molar refractivity (Wildman–Crippen MR) is 80.2 cm³/mol. The van der Waals surface area contributed by atoms with E-state index in [1.54, 1.807) is 0 Å². The number of hydrogen-bond acceptors (Lipinski definition) is 3. The number of benzene rings is 1. The molecule has 0 radical (unpaired) electrons. The van der Waals surface area contributed by atoms with Crippen LogP contribution in [0, 0.1) is 16.7 Å². The van der Waals surface area contributed by atoms with Gasteiger partial charge in [-0.2, -0.15) is 0 Å². The predicted octanol–water partition coefficient (Wildman–Crippen LogP) is 3.82. The molecule has 2 saturated carbocycles. The van der Waals surface area contributed by atoms with Crippen LogP contribution in [-0.4, -0.2) is 12.6 Å². The highest BCUT2D eigenvalue weighted by atomic mass is 16.7. The van der Waals surface area contributed by atoms with E-state index < -0.39 is 0 Å². The Morgan fingerprint density at radius 2 is 2.05 bits per heavy atom. The number of allylic oxidation sites excluding steroid dienone is 1. The van der Waals surface area contributed by atoms with Crippen molar-refractivity contribution in [2.75, 3.05) is 6.79 Å². The maximum Gasteiger partial charge on any atom is 0.230 e. The molecule has 2 atom stereocenters. The smallest absolute Gasteiger partial charge is 0.230 e. The largest absolute Gasteiger partial charge is 0.457 e. The molecular formula is C18H20O3. The number of ketones is 1. The minimum Gasteiger partial charge on any atom is -0.457 e. The van der Waals surface area contributed by atoms with Crippen LogP contribution in [0.5, 0.6) is 11.5 Å². The summed E-state index contributed by atoms with van der Waals surface area (Å²) in [5, 5.41) is 0. The fourth-order valence-corrected chi connectivity index (χ4v) is 4.27. The van der Waals surface area contributed by atoms with E-state index in [4.69, 9.17) is 9.47 Å². The molecule has 110 valence electrons. The summed E-state index contributed by atoms with van der Waals surface area (Å²) in [4.78, 5) is 12.9. The fourth-order valence-electron chi connectivity index (χ4n) is 4.27. The maximum absolute atomic E-state index is 12.9. The van der Waals surface area contributed by atoms with E-state index >= 15 is 0 Å². The molecule has 0 spiro atoms. The standard InChI is InChI=1S/C18H20O3/c1-17(2)14-6-7-18(17,3)16(19)13(14)8-11-4-5-12-9-15(11)21-10-20-12/h4-5,8-9,14H,6-7,10H2,1-3H3/b13-8+. The highest BCUT2D eigenvalue weighted by Crippen LogP contribution is 2.65. The third kappa shape index (κ3) is 1.52. The fraction of sp³-hybridized carbons (Fsp3) is 0.500. The van der Waals surface area contributed by atoms with Crippen LogP contribution in [-0.2, 0) is 4.79 Å². The lowest BCUT2D eigenvalue weighted by molar-refractivity contribution is -0.125. The molecule has 1 aliphatic heterocycles. The number of ether oxygens (including phenoxy) is 2. The number of fused-ring (bicyclic) bond motifs is 4. The first kappa shape index (κ1) is 12.9. The van der Waals surface area contributed by atoms with Gasteiger partial charge in [0.15, 0.2) is 5.78 Å². The first-order chi connectivity index (χ1) is 9.93. The summed E-state index contributed by atoms with van der Waals surface area (Å²) >= 11 is 0. The second kappa shape index (κ2) is 3.90. The maximum atomic E-state index is 12.9. The van der Waals surface area contributed by atoms with E-state index in [1.807, 2.05) is 24.3 Å². The molecule has 0 aromatic heterocycles. The van der Waals surface area contributed by atoms with Crippen molar-refractivity contribution in [3.05, 3.63) is 29.3 Å². The van der Waals surface area contributed by atoms with E-state index in [0.717, 1.165) is 35.5 Å². The molecule has 0 N–H and O–H groups in total. The zero-order valence-corrected chi connectivity index (χ0v) is 12.7. The molecule has 0 saturated heterocycles. The van der Waals surface area contributed by atoms with Crippen LogP contribution in [0.4, 0.5) is 0 Å². The molecule has 1 heterocycles. The van der Waals surface area contributed by atoms with Gasteiger partial charge in [0.2, 0.25) is 6.79 Å². The van der Waals surface area contributed by atoms with E-state index in [9.17, 15) is 4.79 Å². The molecule has 0 amide bonds. The van der Waals surface area contributed by atoms with Crippen LogP contribution in [0.25, 0.3) is 6.08 Å². The van der Waals surface area contributed by atoms with Crippen LogP contribution < -0.4 is 9.47 Å². The first-order valence-electron chi connectivity index (χ1n) is 7.59. The number of rotatable bonds is 1. The molecule has 2 aliphatic carbocycles. The number of Topliss-reactive ketones (excluding diaryl/α,β-unsaturated/α-hetero) is 1. The van der Waals surface area contributed by atoms with Crippen LogP contribution in [0.1, 0.15) is 39.2 Å². The Bertz CT molecular complexity index is 671. The third-order valence-electron chi connectivity index (χ3n) is 6.10. The average molecular weight is 284 g/mol. The van der Waals surface area contributed by atoms with E-state index in [1.165, 1.54) is 0 Å². The zero-order valence-electron chi connectivity index (χ0n) is 12.7. The Morgan fingerprint density at radius 1 is 1.24 bits per heavy atom. The van der Waals surface area contributed by atoms with Crippen LogP contribution in [0.15, 0.2) is 23.8 Å². The highest BCUT2D eigenvalue weighted by molar-refractivity contribution is 6.08. The Labute approximate surface area is 124 Å². The third-order valence-corrected chi connectivity index (χ3v) is 6.10. The molecule has 2 unspecified atom stereocenters. The van der Waals surface area contributed by atoms with Crippen LogP contribution in [0.2, 0.25) is 0 Å². The van der Waals surface area contributed by atoms with Crippen molar-refractivity contribution in [1.29, 1.82) is 0 Å². The average Bonchev–Trinajstić information content (AvgIpc) is 2.76. The lowest BCUT2D eigenvalue weighted by Crippen LogP contribution is -2.32. The Kier molecular flexibility index (Phi) is 2.40. The molecular weight excluding hydrogens is 264 g/mol. The van der Waals surface area contributed by atoms with Gasteiger partial charge in [-0.15, -0.1) is 0 Å². The summed E-state index contributed by atoms with van der Waals surface area (Å²) in [7, 11) is 0. The lowest BCUT2D eigenvalue weighted by atomic mass is 9.70. The van der Waals surface area contributed by atoms with Crippen molar-refractivity contribution in [2.45, 2.75) is 33.6 Å². The first-order valence-corrected chi connectivity index (χ1v) is 7.59. The van der Waals surface area contributed by atoms with Crippen molar-refractivity contribution in [3.63, 3.8) is 0 Å². The summed E-state index contributed by atoms with van der Waals surface area (Å²) in [5.74, 6) is 2.32. The van der Waals surface area contributed by atoms with E-state index in [-0.39, 0.29) is 17.6 Å². The molecule has 2 fully saturated rings. The molecule has 21 heavy (non-hydrogen) atoms. The van der Waals surface area contributed by atoms with Gasteiger partial charge in [-0.3, -0.25) is 4.79 Å². The van der Waals surface area contributed by atoms with Crippen molar-refractivity contribution in [3.8, 4) is 11.5 Å². The van der Waals surface area contributed by atoms with Gasteiger partial charge in [0.25, 0.3) is 0 Å². The van der Waals surface area contributed by atoms with Gasteiger partial charge in [-0.05, 0) is 42.4 Å². The lowest BCUT2D eigenvalue weighted by Gasteiger charge is -2.31. The summed E-state index contributed by atoms with van der Waals surface area (Å²) in [6, 6.07) is 5.80. The van der Waals surface area contributed by atoms with E-state index in [0.29, 0.717) is 11.7 Å². The van der Waals surface area contributed by atoms with Gasteiger partial charge in [0.05, 0.1) is 0 Å². The monoisotopic (exact) mass is 284 g/mol. The van der Waals surface area contributed by atoms with E-state index in [2.05, 4.69) is 20.8 Å². The van der Waals surface area contributed by atoms with Crippen molar-refractivity contribution < 1.29 is 14.3 Å². The summed E-state index contributed by atoms with van der Waals surface area (Å²) in [6.45, 7) is 6.86. The Balaban J connectivity index is 1.80. The summed E-state index contributed by atoms with van der Waals surface area (Å²) < 4.78 is 10.9. The van der Waals surface area contributed by atoms with Gasteiger partial charge < -0.3 is 9.47 Å². The van der Waals surface area contributed by atoms with Crippen molar-refractivity contribution in [1.82, 2.24) is 0 Å². The number of carbonyl (C=O) groups is 1. The van der Waals surface area contributed by atoms with Gasteiger partial charge in [0, 0.05) is 22.6 Å². The molecule has 4 rings (SSSR count). The Morgan fingerprint density at radius 3 is 2.76 bits per heavy atom. The summed E-state index contributed by atoms with van der Waals surface area (Å²) in [6.07, 6.45) is 4.17. The highest BCUT2D eigenvalue weighted by Gasteiger charge is 2.63. The van der Waals surface area contributed by atoms with Gasteiger partial charge in [-0.25, -0.2) is 0 Å². The minimum absolute atomic E-state index is 0.0526. The number of hydrogen-bond donors (Lipinski definition) is 0. The SMILES string of the molecule is CC12CCC(/C(=C\c3ccc4cc3OCO4)C1=O)C2(C)C. The quantitative estimate of drug-likeness (QED) is 0.735. The molecule has 3 heteroatoms. The number of carbonyl (C=O) groups excluding carboxylic acids is 1. The second-order valence-electron chi connectivity index (χ2n) is 7.18. The topological polar surface area (TPSA) is 35.5 Å². The van der Waals surface area contributed by atoms with Crippen molar-refractivity contribution in [2.24, 2.45) is 16.7 Å². The minimum atomic E-state index is -0.204. The summed E-state index contributed by atoms with van der Waals surface area (Å²) in [5.41, 5.74) is 1.81. The van der Waals surface area contributed by atoms with Crippen LogP contribution in [0.3, 0.4) is 0 Å². The van der Waals surface area contributed by atoms with Crippen LogP contribution >= 0.6 is 0 Å². The molecule has 4 bridgehead atoms. The molecule has 1 aromatic carbocycles. The Hall–Kier alpha value is -1.77. The molecule has 1 aromatic rings. The van der Waals surface area contributed by atoms with Gasteiger partial charge in [0.1, 0.15) is 11.5 Å². The van der Waals surface area contributed by atoms with Gasteiger partial charge in [-0.1, -0.05) is 20.8 Å².